The number of hydrogen-bond donors (Lipinski definition) is 2. The number of H-pyrrole nitrogens is 1. The number of carbonyl (C=O) groups excluding carboxylic acids is 1. The van der Waals surface area contributed by atoms with Gasteiger partial charge in [0.15, 0.2) is 0 Å². The van der Waals surface area contributed by atoms with Crippen molar-refractivity contribution in [2.24, 2.45) is 0 Å². The van der Waals surface area contributed by atoms with Gasteiger partial charge >= 0.3 is 5.97 Å². The first-order valence-electron chi connectivity index (χ1n) is 9.93. The lowest BCUT2D eigenvalue weighted by atomic mass is 10.1. The minimum absolute atomic E-state index is 0.134. The van der Waals surface area contributed by atoms with Crippen LogP contribution in [-0.4, -0.2) is 41.9 Å². The number of rotatable bonds is 8. The molecule has 1 unspecified atom stereocenters. The van der Waals surface area contributed by atoms with E-state index in [9.17, 15) is 4.79 Å². The molecule has 0 fully saturated rings. The van der Waals surface area contributed by atoms with Crippen LogP contribution in [0.3, 0.4) is 0 Å². The zero-order chi connectivity index (χ0) is 21.3. The monoisotopic (exact) mass is 436 g/mol. The van der Waals surface area contributed by atoms with Gasteiger partial charge in [0, 0.05) is 17.1 Å². The number of carbonyl (C=O) groups is 1. The molecule has 0 aliphatic carbocycles. The molecule has 1 aromatic heterocycles. The fourth-order valence-corrected chi connectivity index (χ4v) is 5.90. The van der Waals surface area contributed by atoms with Crippen molar-refractivity contribution in [3.63, 3.8) is 0 Å². The highest BCUT2D eigenvalue weighted by atomic mass is 28.4. The van der Waals surface area contributed by atoms with E-state index in [1.54, 1.807) is 0 Å². The van der Waals surface area contributed by atoms with Crippen molar-refractivity contribution in [2.75, 3.05) is 0 Å². The van der Waals surface area contributed by atoms with Gasteiger partial charge in [-0.3, -0.25) is 4.79 Å². The Hall–Kier alpha value is -1.36. The Morgan fingerprint density at radius 3 is 2.21 bits per heavy atom. The van der Waals surface area contributed by atoms with E-state index < -0.39 is 24.9 Å². The second-order valence-corrected chi connectivity index (χ2v) is 24.1. The van der Waals surface area contributed by atoms with E-state index in [1.165, 1.54) is 0 Å². The molecule has 1 heterocycles. The Bertz CT molecular complexity index is 830. The maximum absolute atomic E-state index is 12.9. The molecule has 2 aromatic rings. The van der Waals surface area contributed by atoms with Crippen molar-refractivity contribution in [3.8, 4) is 5.75 Å². The first-order valence-corrected chi connectivity index (χ1v) is 20.2. The molecule has 28 heavy (non-hydrogen) atoms. The molecule has 2 N–H and O–H groups in total. The standard InChI is InChI=1S/C20H36N2O3Si3/c1-26(2,3)22-19(20(23)25-28(7,8)9)12-15-14-21-18-11-10-16(13-17(15)18)24-27(4,5)6/h10-11,13-14,19,21-22H,12H2,1-9H3. The second-order valence-electron chi connectivity index (χ2n) is 10.4. The third-order valence-corrected chi connectivity index (χ3v) is 6.76. The number of aromatic amines is 1. The van der Waals surface area contributed by atoms with Gasteiger partial charge < -0.3 is 18.8 Å². The van der Waals surface area contributed by atoms with Crippen molar-refractivity contribution >= 4 is 41.7 Å². The number of aromatic nitrogens is 1. The first-order chi connectivity index (χ1) is 12.6. The fourth-order valence-electron chi connectivity index (χ4n) is 3.05. The summed E-state index contributed by atoms with van der Waals surface area (Å²) >= 11 is 0. The minimum atomic E-state index is -1.95. The summed E-state index contributed by atoms with van der Waals surface area (Å²) in [4.78, 5) is 19.8. The van der Waals surface area contributed by atoms with Crippen molar-refractivity contribution in [3.05, 3.63) is 30.0 Å². The van der Waals surface area contributed by atoms with Crippen LogP contribution in [0.15, 0.2) is 24.4 Å². The number of fused-ring (bicyclic) bond motifs is 1. The Morgan fingerprint density at radius 2 is 1.68 bits per heavy atom. The third kappa shape index (κ3) is 7.23. The summed E-state index contributed by atoms with van der Waals surface area (Å²) in [5.74, 6) is 0.761. The van der Waals surface area contributed by atoms with Crippen LogP contribution in [0.5, 0.6) is 5.75 Å². The third-order valence-electron chi connectivity index (χ3n) is 3.89. The maximum atomic E-state index is 12.9. The quantitative estimate of drug-likeness (QED) is 0.565. The summed E-state index contributed by atoms with van der Waals surface area (Å²) in [6, 6.07) is 5.82. The predicted molar refractivity (Wildman–Crippen MR) is 126 cm³/mol. The van der Waals surface area contributed by atoms with E-state index >= 15 is 0 Å². The summed E-state index contributed by atoms with van der Waals surface area (Å²) in [5, 5.41) is 1.11. The van der Waals surface area contributed by atoms with Crippen molar-refractivity contribution < 1.29 is 13.6 Å². The van der Waals surface area contributed by atoms with Gasteiger partial charge in [-0.2, -0.15) is 0 Å². The van der Waals surface area contributed by atoms with E-state index in [0.717, 1.165) is 22.2 Å². The van der Waals surface area contributed by atoms with Gasteiger partial charge in [-0.15, -0.1) is 0 Å². The van der Waals surface area contributed by atoms with Crippen LogP contribution in [0.1, 0.15) is 5.56 Å². The Kier molecular flexibility index (Phi) is 6.69. The van der Waals surface area contributed by atoms with Crippen LogP contribution in [0.4, 0.5) is 0 Å². The smallest absolute Gasteiger partial charge is 0.309 e. The number of hydrogen-bond acceptors (Lipinski definition) is 4. The molecule has 0 saturated heterocycles. The largest absolute Gasteiger partial charge is 0.544 e. The van der Waals surface area contributed by atoms with Crippen LogP contribution in [0.2, 0.25) is 58.9 Å². The zero-order valence-electron chi connectivity index (χ0n) is 18.8. The molecular weight excluding hydrogens is 400 g/mol. The molecule has 0 aliphatic rings. The topological polar surface area (TPSA) is 63.3 Å². The molecule has 0 saturated carbocycles. The van der Waals surface area contributed by atoms with E-state index in [2.05, 4.69) is 61.4 Å². The summed E-state index contributed by atoms with van der Waals surface area (Å²) in [6.45, 7) is 19.3. The summed E-state index contributed by atoms with van der Waals surface area (Å²) in [5.41, 5.74) is 2.17. The number of benzene rings is 1. The molecule has 0 spiro atoms. The van der Waals surface area contributed by atoms with Crippen LogP contribution < -0.4 is 9.41 Å². The molecule has 1 atom stereocenters. The Balaban J connectivity index is 2.33. The van der Waals surface area contributed by atoms with Crippen LogP contribution in [0, 0.1) is 0 Å². The Labute approximate surface area is 172 Å². The lowest BCUT2D eigenvalue weighted by Crippen LogP contribution is -2.54. The molecule has 2 rings (SSSR count). The second kappa shape index (κ2) is 8.17. The van der Waals surface area contributed by atoms with Crippen LogP contribution in [0.25, 0.3) is 10.9 Å². The SMILES string of the molecule is C[Si](C)(C)NC(Cc1c[nH]c2ccc(O[Si](C)(C)C)cc12)C(=O)O[Si](C)(C)C. The van der Waals surface area contributed by atoms with E-state index in [-0.39, 0.29) is 12.0 Å². The van der Waals surface area contributed by atoms with Gasteiger partial charge in [-0.05, 0) is 69.5 Å². The summed E-state index contributed by atoms with van der Waals surface area (Å²) in [7, 11) is -5.29. The molecule has 0 bridgehead atoms. The fraction of sp³-hybridized carbons (Fsp3) is 0.550. The molecule has 1 aromatic carbocycles. The summed E-state index contributed by atoms with van der Waals surface area (Å²) < 4.78 is 12.0. The number of nitrogens with one attached hydrogen (secondary N) is 2. The average Bonchev–Trinajstić information content (AvgIpc) is 2.84. The normalized spacial score (nSPS) is 14.2. The van der Waals surface area contributed by atoms with Gasteiger partial charge in [0.2, 0.25) is 16.6 Å². The van der Waals surface area contributed by atoms with Crippen LogP contribution in [-0.2, 0) is 15.6 Å². The van der Waals surface area contributed by atoms with Crippen LogP contribution >= 0.6 is 0 Å². The summed E-state index contributed by atoms with van der Waals surface area (Å²) in [6.07, 6.45) is 2.60. The predicted octanol–water partition coefficient (Wildman–Crippen LogP) is 5.10. The van der Waals surface area contributed by atoms with Gasteiger partial charge in [0.1, 0.15) is 20.0 Å². The van der Waals surface area contributed by atoms with E-state index in [1.807, 2.05) is 31.9 Å². The highest BCUT2D eigenvalue weighted by Gasteiger charge is 2.30. The highest BCUT2D eigenvalue weighted by Crippen LogP contribution is 2.27. The van der Waals surface area contributed by atoms with Gasteiger partial charge in [-0.25, -0.2) is 0 Å². The molecule has 156 valence electrons. The van der Waals surface area contributed by atoms with E-state index in [4.69, 9.17) is 8.85 Å². The average molecular weight is 437 g/mol. The molecule has 0 aliphatic heterocycles. The van der Waals surface area contributed by atoms with Crippen molar-refractivity contribution in [2.45, 2.75) is 71.4 Å². The first kappa shape index (κ1) is 22.9. The lowest BCUT2D eigenvalue weighted by molar-refractivity contribution is -0.137. The Morgan fingerprint density at radius 1 is 1.04 bits per heavy atom. The molecule has 5 nitrogen and oxygen atoms in total. The maximum Gasteiger partial charge on any atom is 0.309 e. The zero-order valence-corrected chi connectivity index (χ0v) is 21.8. The van der Waals surface area contributed by atoms with Crippen molar-refractivity contribution in [1.82, 2.24) is 9.97 Å². The van der Waals surface area contributed by atoms with Crippen molar-refractivity contribution in [1.29, 1.82) is 0 Å². The molecule has 8 heteroatoms. The van der Waals surface area contributed by atoms with E-state index in [0.29, 0.717) is 6.42 Å². The minimum Gasteiger partial charge on any atom is -0.544 e. The molecule has 0 radical (unpaired) electrons. The highest BCUT2D eigenvalue weighted by molar-refractivity contribution is 6.74. The molecule has 0 amide bonds. The van der Waals surface area contributed by atoms with Gasteiger partial charge in [0.05, 0.1) is 0 Å². The van der Waals surface area contributed by atoms with Gasteiger partial charge in [-0.1, -0.05) is 19.6 Å². The lowest BCUT2D eigenvalue weighted by Gasteiger charge is -2.28. The molecular formula is C20H36N2O3Si3. The van der Waals surface area contributed by atoms with Gasteiger partial charge in [0.25, 0.3) is 0 Å².